The summed E-state index contributed by atoms with van der Waals surface area (Å²) in [6, 6.07) is -0.0525. The fourth-order valence-corrected chi connectivity index (χ4v) is 2.47. The number of esters is 1. The van der Waals surface area contributed by atoms with Crippen molar-refractivity contribution in [3.8, 4) is 0 Å². The van der Waals surface area contributed by atoms with Crippen molar-refractivity contribution in [2.45, 2.75) is 32.7 Å². The van der Waals surface area contributed by atoms with Crippen molar-refractivity contribution in [2.24, 2.45) is 0 Å². The Balaban J connectivity index is 1.90. The van der Waals surface area contributed by atoms with Gasteiger partial charge in [0.2, 0.25) is 5.89 Å². The molecule has 2 heterocycles. The van der Waals surface area contributed by atoms with Crippen LogP contribution in [-0.4, -0.2) is 23.0 Å². The molecule has 0 aromatic carbocycles. The molecule has 2 rings (SSSR count). The standard InChI is InChI=1S/C13H17N3O3S/c1-8-6-14-12(19-8)9(2)15-13-16-10(7-20-13)4-5-11(17)18-3/h6-7,9H,4-5H2,1-3H3,(H,15,16). The molecule has 1 unspecified atom stereocenters. The Morgan fingerprint density at radius 3 is 3.05 bits per heavy atom. The molecule has 0 aliphatic heterocycles. The Kier molecular flexibility index (Phi) is 4.73. The number of aryl methyl sites for hydroxylation is 2. The molecule has 2 aromatic heterocycles. The van der Waals surface area contributed by atoms with Crippen molar-refractivity contribution < 1.29 is 13.9 Å². The highest BCUT2D eigenvalue weighted by atomic mass is 32.1. The molecular formula is C13H17N3O3S. The van der Waals surface area contributed by atoms with Gasteiger partial charge in [0.05, 0.1) is 25.4 Å². The highest BCUT2D eigenvalue weighted by Crippen LogP contribution is 2.22. The second-order valence-electron chi connectivity index (χ2n) is 4.40. The van der Waals surface area contributed by atoms with E-state index in [0.29, 0.717) is 18.7 Å². The van der Waals surface area contributed by atoms with Gasteiger partial charge < -0.3 is 14.5 Å². The second-order valence-corrected chi connectivity index (χ2v) is 5.25. The van der Waals surface area contributed by atoms with Gasteiger partial charge in [-0.1, -0.05) is 0 Å². The average molecular weight is 295 g/mol. The predicted molar refractivity (Wildman–Crippen MR) is 75.7 cm³/mol. The SMILES string of the molecule is COC(=O)CCc1csc(NC(C)c2ncc(C)o2)n1. The molecule has 0 aliphatic rings. The molecule has 0 radical (unpaired) electrons. The van der Waals surface area contributed by atoms with Crippen LogP contribution in [-0.2, 0) is 16.0 Å². The number of ether oxygens (including phenoxy) is 1. The minimum Gasteiger partial charge on any atom is -0.469 e. The number of rotatable bonds is 6. The lowest BCUT2D eigenvalue weighted by Gasteiger charge is -2.08. The van der Waals surface area contributed by atoms with Crippen LogP contribution >= 0.6 is 11.3 Å². The Hall–Kier alpha value is -1.89. The second kappa shape index (κ2) is 6.51. The van der Waals surface area contributed by atoms with Crippen LogP contribution < -0.4 is 5.32 Å². The van der Waals surface area contributed by atoms with Crippen LogP contribution in [0.2, 0.25) is 0 Å². The van der Waals surface area contributed by atoms with E-state index in [1.54, 1.807) is 6.20 Å². The fraction of sp³-hybridized carbons (Fsp3) is 0.462. The number of hydrogen-bond donors (Lipinski definition) is 1. The maximum Gasteiger partial charge on any atom is 0.305 e. The number of hydrogen-bond acceptors (Lipinski definition) is 7. The van der Waals surface area contributed by atoms with E-state index in [9.17, 15) is 4.79 Å². The lowest BCUT2D eigenvalue weighted by Crippen LogP contribution is -2.07. The summed E-state index contributed by atoms with van der Waals surface area (Å²) in [6.07, 6.45) is 2.61. The highest BCUT2D eigenvalue weighted by molar-refractivity contribution is 7.13. The van der Waals surface area contributed by atoms with Crippen LogP contribution in [0.15, 0.2) is 16.0 Å². The van der Waals surface area contributed by atoms with Gasteiger partial charge in [-0.15, -0.1) is 11.3 Å². The number of methoxy groups -OCH3 is 1. The van der Waals surface area contributed by atoms with Crippen LogP contribution in [0.5, 0.6) is 0 Å². The number of aromatic nitrogens is 2. The highest BCUT2D eigenvalue weighted by Gasteiger charge is 2.13. The molecule has 0 fully saturated rings. The maximum atomic E-state index is 11.1. The van der Waals surface area contributed by atoms with Gasteiger partial charge in [0.1, 0.15) is 11.8 Å². The number of carbonyl (C=O) groups is 1. The van der Waals surface area contributed by atoms with Gasteiger partial charge in [0, 0.05) is 11.8 Å². The van der Waals surface area contributed by atoms with Gasteiger partial charge in [-0.25, -0.2) is 9.97 Å². The molecule has 0 saturated heterocycles. The lowest BCUT2D eigenvalue weighted by atomic mass is 10.2. The quantitative estimate of drug-likeness (QED) is 0.826. The summed E-state index contributed by atoms with van der Waals surface area (Å²) in [4.78, 5) is 19.7. The Bertz CT molecular complexity index is 579. The fourth-order valence-electron chi connectivity index (χ4n) is 1.64. The summed E-state index contributed by atoms with van der Waals surface area (Å²) in [7, 11) is 1.39. The van der Waals surface area contributed by atoms with Gasteiger partial charge in [0.15, 0.2) is 5.13 Å². The van der Waals surface area contributed by atoms with E-state index in [1.165, 1.54) is 18.4 Å². The summed E-state index contributed by atoms with van der Waals surface area (Å²) in [5.74, 6) is 1.19. The summed E-state index contributed by atoms with van der Waals surface area (Å²) in [5, 5.41) is 5.94. The topological polar surface area (TPSA) is 77.2 Å². The predicted octanol–water partition coefficient (Wildman–Crippen LogP) is 2.72. The first-order chi connectivity index (χ1) is 9.58. The number of anilines is 1. The van der Waals surface area contributed by atoms with E-state index >= 15 is 0 Å². The minimum atomic E-state index is -0.226. The molecule has 7 heteroatoms. The van der Waals surface area contributed by atoms with Crippen molar-refractivity contribution in [3.63, 3.8) is 0 Å². The zero-order valence-electron chi connectivity index (χ0n) is 11.7. The Morgan fingerprint density at radius 1 is 1.60 bits per heavy atom. The van der Waals surface area contributed by atoms with Crippen LogP contribution in [0.25, 0.3) is 0 Å². The summed E-state index contributed by atoms with van der Waals surface area (Å²) >= 11 is 1.49. The third kappa shape index (κ3) is 3.80. The number of nitrogens with zero attached hydrogens (tertiary/aromatic N) is 2. The molecule has 1 atom stereocenters. The van der Waals surface area contributed by atoms with Gasteiger partial charge in [-0.05, 0) is 13.8 Å². The Morgan fingerprint density at radius 2 is 2.40 bits per heavy atom. The monoisotopic (exact) mass is 295 g/mol. The van der Waals surface area contributed by atoms with E-state index in [-0.39, 0.29) is 12.0 Å². The van der Waals surface area contributed by atoms with E-state index in [4.69, 9.17) is 4.42 Å². The first-order valence-corrected chi connectivity index (χ1v) is 7.16. The normalized spacial score (nSPS) is 12.2. The molecule has 2 aromatic rings. The first-order valence-electron chi connectivity index (χ1n) is 6.28. The van der Waals surface area contributed by atoms with Gasteiger partial charge in [-0.3, -0.25) is 4.79 Å². The molecule has 0 bridgehead atoms. The minimum absolute atomic E-state index is 0.0525. The van der Waals surface area contributed by atoms with E-state index in [2.05, 4.69) is 20.0 Å². The van der Waals surface area contributed by atoms with Crippen molar-refractivity contribution in [3.05, 3.63) is 28.9 Å². The molecule has 1 N–H and O–H groups in total. The maximum absolute atomic E-state index is 11.1. The molecule has 0 amide bonds. The molecule has 6 nitrogen and oxygen atoms in total. The lowest BCUT2D eigenvalue weighted by molar-refractivity contribution is -0.140. The first kappa shape index (κ1) is 14.5. The van der Waals surface area contributed by atoms with E-state index in [1.807, 2.05) is 19.2 Å². The number of carbonyl (C=O) groups excluding carboxylic acids is 1. The van der Waals surface area contributed by atoms with Crippen molar-refractivity contribution >= 4 is 22.4 Å². The summed E-state index contributed by atoms with van der Waals surface area (Å²) in [5.41, 5.74) is 0.874. The largest absolute Gasteiger partial charge is 0.469 e. The zero-order chi connectivity index (χ0) is 14.5. The van der Waals surface area contributed by atoms with Crippen LogP contribution in [0.3, 0.4) is 0 Å². The van der Waals surface area contributed by atoms with Gasteiger partial charge >= 0.3 is 5.97 Å². The van der Waals surface area contributed by atoms with Crippen LogP contribution in [0.1, 0.15) is 36.7 Å². The molecule has 20 heavy (non-hydrogen) atoms. The zero-order valence-corrected chi connectivity index (χ0v) is 12.5. The smallest absolute Gasteiger partial charge is 0.305 e. The molecule has 0 saturated carbocycles. The van der Waals surface area contributed by atoms with Crippen molar-refractivity contribution in [1.82, 2.24) is 9.97 Å². The van der Waals surface area contributed by atoms with E-state index in [0.717, 1.165) is 16.6 Å². The molecule has 0 spiro atoms. The van der Waals surface area contributed by atoms with Crippen LogP contribution in [0, 0.1) is 6.92 Å². The number of thiazole rings is 1. The van der Waals surface area contributed by atoms with E-state index < -0.39 is 0 Å². The molecular weight excluding hydrogens is 278 g/mol. The third-order valence-corrected chi connectivity index (χ3v) is 3.54. The van der Waals surface area contributed by atoms with Gasteiger partial charge in [0.25, 0.3) is 0 Å². The average Bonchev–Trinajstić information content (AvgIpc) is 3.05. The van der Waals surface area contributed by atoms with Crippen molar-refractivity contribution in [1.29, 1.82) is 0 Å². The van der Waals surface area contributed by atoms with Crippen molar-refractivity contribution in [2.75, 3.05) is 12.4 Å². The summed E-state index contributed by atoms with van der Waals surface area (Å²) < 4.78 is 10.1. The Labute approximate surface area is 121 Å². The summed E-state index contributed by atoms with van der Waals surface area (Å²) in [6.45, 7) is 3.82. The van der Waals surface area contributed by atoms with Crippen LogP contribution in [0.4, 0.5) is 5.13 Å². The third-order valence-electron chi connectivity index (χ3n) is 2.71. The van der Waals surface area contributed by atoms with Gasteiger partial charge in [-0.2, -0.15) is 0 Å². The molecule has 108 valence electrons. The molecule has 0 aliphatic carbocycles. The number of oxazole rings is 1. The number of nitrogens with one attached hydrogen (secondary N) is 1.